The van der Waals surface area contributed by atoms with Gasteiger partial charge in [-0.1, -0.05) is 6.07 Å². The summed E-state index contributed by atoms with van der Waals surface area (Å²) >= 11 is 0. The van der Waals surface area contributed by atoms with Crippen LogP contribution in [0.2, 0.25) is 0 Å². The van der Waals surface area contributed by atoms with Gasteiger partial charge >= 0.3 is 0 Å². The minimum Gasteiger partial charge on any atom is -0.490 e. The normalized spacial score (nSPS) is 21.5. The molecule has 0 spiro atoms. The molecule has 2 aromatic heterocycles. The van der Waals surface area contributed by atoms with Crippen LogP contribution >= 0.6 is 0 Å². The van der Waals surface area contributed by atoms with Gasteiger partial charge in [0.15, 0.2) is 0 Å². The van der Waals surface area contributed by atoms with Gasteiger partial charge in [0.05, 0.1) is 12.2 Å². The van der Waals surface area contributed by atoms with Crippen LogP contribution in [0.25, 0.3) is 0 Å². The summed E-state index contributed by atoms with van der Waals surface area (Å²) in [5.74, 6) is 0.821. The van der Waals surface area contributed by atoms with Gasteiger partial charge < -0.3 is 15.4 Å². The zero-order valence-corrected chi connectivity index (χ0v) is 12.6. The molecule has 1 saturated heterocycles. The van der Waals surface area contributed by atoms with E-state index in [9.17, 15) is 0 Å². The van der Waals surface area contributed by atoms with E-state index >= 15 is 0 Å². The van der Waals surface area contributed by atoms with Gasteiger partial charge in [-0.2, -0.15) is 0 Å². The van der Waals surface area contributed by atoms with E-state index in [2.05, 4.69) is 26.7 Å². The van der Waals surface area contributed by atoms with Gasteiger partial charge in [-0.15, -0.1) is 0 Å². The third kappa shape index (κ3) is 4.51. The number of hydrogen-bond donors (Lipinski definition) is 2. The Balaban J connectivity index is 1.43. The Morgan fingerprint density at radius 3 is 2.64 bits per heavy atom. The van der Waals surface area contributed by atoms with Crippen molar-refractivity contribution >= 4 is 0 Å². The van der Waals surface area contributed by atoms with Crippen molar-refractivity contribution in [2.24, 2.45) is 0 Å². The Morgan fingerprint density at radius 2 is 1.86 bits per heavy atom. The van der Waals surface area contributed by atoms with Crippen LogP contribution in [0.15, 0.2) is 49.1 Å². The SMILES string of the molecule is c1cncc(CC[C@H]2CNC[C@H](COc3cccnc3)N2)c1. The number of nitrogens with one attached hydrogen (secondary N) is 2. The molecule has 1 fully saturated rings. The predicted octanol–water partition coefficient (Wildman–Crippen LogP) is 1.42. The summed E-state index contributed by atoms with van der Waals surface area (Å²) in [5, 5.41) is 7.15. The zero-order chi connectivity index (χ0) is 15.0. The van der Waals surface area contributed by atoms with Crippen molar-refractivity contribution in [2.75, 3.05) is 19.7 Å². The molecule has 0 aromatic carbocycles. The van der Waals surface area contributed by atoms with Gasteiger partial charge in [0.1, 0.15) is 12.4 Å². The highest BCUT2D eigenvalue weighted by Crippen LogP contribution is 2.09. The first-order valence-electron chi connectivity index (χ1n) is 7.78. The topological polar surface area (TPSA) is 59.1 Å². The summed E-state index contributed by atoms with van der Waals surface area (Å²) in [6, 6.07) is 8.74. The van der Waals surface area contributed by atoms with Gasteiger partial charge in [-0.25, -0.2) is 0 Å². The third-order valence-electron chi connectivity index (χ3n) is 3.84. The highest BCUT2D eigenvalue weighted by Gasteiger charge is 2.20. The lowest BCUT2D eigenvalue weighted by molar-refractivity contribution is 0.220. The van der Waals surface area contributed by atoms with Crippen LogP contribution in [0.4, 0.5) is 0 Å². The van der Waals surface area contributed by atoms with Crippen molar-refractivity contribution in [2.45, 2.75) is 24.9 Å². The van der Waals surface area contributed by atoms with Crippen molar-refractivity contribution in [1.29, 1.82) is 0 Å². The number of ether oxygens (including phenoxy) is 1. The average molecular weight is 298 g/mol. The van der Waals surface area contributed by atoms with Crippen molar-refractivity contribution in [3.63, 3.8) is 0 Å². The molecular weight excluding hydrogens is 276 g/mol. The van der Waals surface area contributed by atoms with Crippen molar-refractivity contribution in [3.05, 3.63) is 54.6 Å². The van der Waals surface area contributed by atoms with Gasteiger partial charge in [-0.3, -0.25) is 9.97 Å². The number of rotatable bonds is 6. The molecule has 3 rings (SSSR count). The zero-order valence-electron chi connectivity index (χ0n) is 12.6. The highest BCUT2D eigenvalue weighted by atomic mass is 16.5. The van der Waals surface area contributed by atoms with Gasteiger partial charge in [-0.05, 0) is 36.6 Å². The molecule has 0 unspecified atom stereocenters. The number of piperazine rings is 1. The summed E-state index contributed by atoms with van der Waals surface area (Å²) in [4.78, 5) is 8.22. The first kappa shape index (κ1) is 14.9. The molecule has 5 heteroatoms. The van der Waals surface area contributed by atoms with E-state index in [0.29, 0.717) is 18.7 Å². The van der Waals surface area contributed by atoms with E-state index in [1.54, 1.807) is 12.4 Å². The Labute approximate surface area is 131 Å². The van der Waals surface area contributed by atoms with Crippen LogP contribution in [0.1, 0.15) is 12.0 Å². The quantitative estimate of drug-likeness (QED) is 0.844. The van der Waals surface area contributed by atoms with Crippen molar-refractivity contribution in [3.8, 4) is 5.75 Å². The fraction of sp³-hybridized carbons (Fsp3) is 0.412. The maximum absolute atomic E-state index is 5.78. The highest BCUT2D eigenvalue weighted by molar-refractivity contribution is 5.15. The van der Waals surface area contributed by atoms with E-state index in [1.807, 2.05) is 30.6 Å². The van der Waals surface area contributed by atoms with E-state index in [-0.39, 0.29) is 0 Å². The number of aryl methyl sites for hydroxylation is 1. The molecule has 0 aliphatic carbocycles. The van der Waals surface area contributed by atoms with Crippen LogP contribution in [-0.2, 0) is 6.42 Å². The molecular formula is C17H22N4O. The molecule has 2 atom stereocenters. The molecule has 2 N–H and O–H groups in total. The Bertz CT molecular complexity index is 500. The Hall–Kier alpha value is -1.98. The standard InChI is InChI=1S/C17H22N4O/c1-3-14(9-18-7-1)5-6-15-10-20-11-16(21-15)13-22-17-4-2-8-19-12-17/h1-4,7-9,12,15-16,20-21H,5-6,10-11,13H2/t15-,16+/m0/s1. The van der Waals surface area contributed by atoms with E-state index in [0.717, 1.165) is 31.7 Å². The molecule has 0 radical (unpaired) electrons. The monoisotopic (exact) mass is 298 g/mol. The number of pyridine rings is 2. The molecule has 1 aliphatic heterocycles. The first-order chi connectivity index (χ1) is 10.9. The fourth-order valence-electron chi connectivity index (χ4n) is 2.69. The smallest absolute Gasteiger partial charge is 0.137 e. The summed E-state index contributed by atoms with van der Waals surface area (Å²) in [6.45, 7) is 2.59. The third-order valence-corrected chi connectivity index (χ3v) is 3.84. The molecule has 0 bridgehead atoms. The van der Waals surface area contributed by atoms with Crippen LogP contribution < -0.4 is 15.4 Å². The molecule has 0 saturated carbocycles. The summed E-state index contributed by atoms with van der Waals surface area (Å²) in [6.07, 6.45) is 9.40. The average Bonchev–Trinajstić information content (AvgIpc) is 2.60. The van der Waals surface area contributed by atoms with E-state index < -0.39 is 0 Å². The maximum Gasteiger partial charge on any atom is 0.137 e. The first-order valence-corrected chi connectivity index (χ1v) is 7.78. The van der Waals surface area contributed by atoms with Gasteiger partial charge in [0, 0.05) is 37.7 Å². The van der Waals surface area contributed by atoms with Crippen LogP contribution in [0.5, 0.6) is 5.75 Å². The van der Waals surface area contributed by atoms with Gasteiger partial charge in [0.25, 0.3) is 0 Å². The second-order valence-electron chi connectivity index (χ2n) is 5.62. The lowest BCUT2D eigenvalue weighted by Crippen LogP contribution is -2.56. The predicted molar refractivity (Wildman–Crippen MR) is 85.9 cm³/mol. The second kappa shape index (κ2) is 7.87. The van der Waals surface area contributed by atoms with Crippen molar-refractivity contribution in [1.82, 2.24) is 20.6 Å². The number of aromatic nitrogens is 2. The molecule has 2 aromatic rings. The lowest BCUT2D eigenvalue weighted by atomic mass is 10.0. The van der Waals surface area contributed by atoms with Crippen LogP contribution in [0.3, 0.4) is 0 Å². The molecule has 116 valence electrons. The van der Waals surface area contributed by atoms with Gasteiger partial charge in [0.2, 0.25) is 0 Å². The molecule has 1 aliphatic rings. The minimum atomic E-state index is 0.327. The van der Waals surface area contributed by atoms with E-state index in [4.69, 9.17) is 4.74 Å². The largest absolute Gasteiger partial charge is 0.490 e. The van der Waals surface area contributed by atoms with Crippen molar-refractivity contribution < 1.29 is 4.74 Å². The number of hydrogen-bond acceptors (Lipinski definition) is 5. The molecule has 0 amide bonds. The van der Waals surface area contributed by atoms with Crippen LogP contribution in [0, 0.1) is 0 Å². The molecule has 5 nitrogen and oxygen atoms in total. The molecule has 3 heterocycles. The lowest BCUT2D eigenvalue weighted by Gasteiger charge is -2.31. The minimum absolute atomic E-state index is 0.327. The fourth-order valence-corrected chi connectivity index (χ4v) is 2.69. The number of nitrogens with zero attached hydrogens (tertiary/aromatic N) is 2. The Morgan fingerprint density at radius 1 is 1.05 bits per heavy atom. The Kier molecular flexibility index (Phi) is 5.34. The maximum atomic E-state index is 5.78. The summed E-state index contributed by atoms with van der Waals surface area (Å²) in [7, 11) is 0. The summed E-state index contributed by atoms with van der Waals surface area (Å²) < 4.78 is 5.78. The van der Waals surface area contributed by atoms with Crippen LogP contribution in [-0.4, -0.2) is 41.7 Å². The molecule has 22 heavy (non-hydrogen) atoms. The summed E-state index contributed by atoms with van der Waals surface area (Å²) in [5.41, 5.74) is 1.29. The van der Waals surface area contributed by atoms with E-state index in [1.165, 1.54) is 5.56 Å². The second-order valence-corrected chi connectivity index (χ2v) is 5.62.